The van der Waals surface area contributed by atoms with E-state index in [0.29, 0.717) is 26.2 Å². The zero-order valence-electron chi connectivity index (χ0n) is 17.8. The van der Waals surface area contributed by atoms with E-state index in [1.165, 1.54) is 9.47 Å². The number of aromatic nitrogens is 2. The van der Waals surface area contributed by atoms with Crippen LogP contribution in [-0.2, 0) is 16.1 Å². The Morgan fingerprint density at radius 3 is 2.50 bits per heavy atom. The molecule has 0 aliphatic carbocycles. The Kier molecular flexibility index (Phi) is 9.95. The molecule has 28 heavy (non-hydrogen) atoms. The third-order valence-corrected chi connectivity index (χ3v) is 4.36. The van der Waals surface area contributed by atoms with Crippen molar-refractivity contribution in [2.75, 3.05) is 51.0 Å². The van der Waals surface area contributed by atoms with E-state index >= 15 is 0 Å². The van der Waals surface area contributed by atoms with E-state index in [1.54, 1.807) is 7.11 Å². The Bertz CT molecular complexity index is 741. The van der Waals surface area contributed by atoms with Crippen LogP contribution in [-0.4, -0.2) is 60.8 Å². The molecule has 160 valence electrons. The van der Waals surface area contributed by atoms with Gasteiger partial charge in [-0.05, 0) is 25.8 Å². The summed E-state index contributed by atoms with van der Waals surface area (Å²) in [6, 6.07) is 0. The zero-order valence-corrected chi connectivity index (χ0v) is 17.8. The number of nitrogens with one attached hydrogen (secondary N) is 1. The van der Waals surface area contributed by atoms with Gasteiger partial charge in [0.25, 0.3) is 5.56 Å². The second kappa shape index (κ2) is 11.7. The maximum absolute atomic E-state index is 13.0. The lowest BCUT2D eigenvalue weighted by Gasteiger charge is -2.27. The SMILES string of the molecule is CCCCN(C(=O)CN(C)CCCOC)c1c(N)n(CC(C)C)c(=O)[nH]c1=O. The number of H-pyrrole nitrogens is 1. The summed E-state index contributed by atoms with van der Waals surface area (Å²) in [7, 11) is 3.48. The number of nitrogens with zero attached hydrogens (tertiary/aromatic N) is 3. The molecule has 0 radical (unpaired) electrons. The Balaban J connectivity index is 3.20. The number of carbonyl (C=O) groups is 1. The van der Waals surface area contributed by atoms with Crippen LogP contribution in [0, 0.1) is 5.92 Å². The van der Waals surface area contributed by atoms with Crippen molar-refractivity contribution in [2.24, 2.45) is 5.92 Å². The van der Waals surface area contributed by atoms with Crippen LogP contribution in [0.25, 0.3) is 0 Å². The number of likely N-dealkylation sites (N-methyl/N-ethyl adjacent to an activating group) is 1. The van der Waals surface area contributed by atoms with Gasteiger partial charge in [-0.25, -0.2) is 4.79 Å². The quantitative estimate of drug-likeness (QED) is 0.506. The first-order chi connectivity index (χ1) is 13.2. The first kappa shape index (κ1) is 23.9. The molecule has 1 rings (SSSR count). The fourth-order valence-corrected chi connectivity index (χ4v) is 2.94. The first-order valence-corrected chi connectivity index (χ1v) is 9.83. The predicted molar refractivity (Wildman–Crippen MR) is 112 cm³/mol. The van der Waals surface area contributed by atoms with Crippen LogP contribution < -0.4 is 21.9 Å². The number of hydrogen-bond acceptors (Lipinski definition) is 6. The first-order valence-electron chi connectivity index (χ1n) is 9.83. The highest BCUT2D eigenvalue weighted by molar-refractivity contribution is 5.96. The molecular weight excluding hydrogens is 362 g/mol. The second-order valence-corrected chi connectivity index (χ2v) is 7.48. The highest BCUT2D eigenvalue weighted by Crippen LogP contribution is 2.19. The third-order valence-electron chi connectivity index (χ3n) is 4.36. The van der Waals surface area contributed by atoms with Gasteiger partial charge in [0.05, 0.1) is 6.54 Å². The maximum atomic E-state index is 13.0. The van der Waals surface area contributed by atoms with Gasteiger partial charge in [-0.3, -0.25) is 24.0 Å². The Morgan fingerprint density at radius 1 is 1.25 bits per heavy atom. The molecule has 0 atom stereocenters. The summed E-state index contributed by atoms with van der Waals surface area (Å²) in [5.74, 6) is -0.0280. The van der Waals surface area contributed by atoms with Gasteiger partial charge in [-0.2, -0.15) is 0 Å². The van der Waals surface area contributed by atoms with Crippen LogP contribution in [0.15, 0.2) is 9.59 Å². The van der Waals surface area contributed by atoms with Gasteiger partial charge in [-0.15, -0.1) is 0 Å². The van der Waals surface area contributed by atoms with E-state index in [0.717, 1.165) is 19.3 Å². The van der Waals surface area contributed by atoms with E-state index in [2.05, 4.69) is 4.98 Å². The minimum absolute atomic E-state index is 0.0361. The summed E-state index contributed by atoms with van der Waals surface area (Å²) in [4.78, 5) is 43.3. The summed E-state index contributed by atoms with van der Waals surface area (Å²) in [5, 5.41) is 0. The lowest BCUT2D eigenvalue weighted by Crippen LogP contribution is -2.45. The molecular formula is C19H35N5O4. The van der Waals surface area contributed by atoms with Gasteiger partial charge in [0.1, 0.15) is 5.82 Å². The maximum Gasteiger partial charge on any atom is 0.330 e. The average Bonchev–Trinajstić information content (AvgIpc) is 2.61. The molecule has 0 fully saturated rings. The number of carbonyl (C=O) groups excluding carboxylic acids is 1. The predicted octanol–water partition coefficient (Wildman–Crippen LogP) is 0.876. The number of unbranched alkanes of at least 4 members (excludes halogenated alkanes) is 1. The summed E-state index contributed by atoms with van der Waals surface area (Å²) in [6.07, 6.45) is 2.38. The number of nitrogen functional groups attached to an aromatic ring is 1. The Labute approximate surface area is 166 Å². The topological polar surface area (TPSA) is 114 Å². The van der Waals surface area contributed by atoms with Crippen molar-refractivity contribution in [1.82, 2.24) is 14.5 Å². The highest BCUT2D eigenvalue weighted by Gasteiger charge is 2.24. The van der Waals surface area contributed by atoms with Gasteiger partial charge in [0.2, 0.25) is 5.91 Å². The molecule has 9 nitrogen and oxygen atoms in total. The summed E-state index contributed by atoms with van der Waals surface area (Å²) >= 11 is 0. The smallest absolute Gasteiger partial charge is 0.330 e. The van der Waals surface area contributed by atoms with Gasteiger partial charge in [0, 0.05) is 33.4 Å². The molecule has 0 saturated heterocycles. The molecule has 0 aromatic carbocycles. The molecule has 0 unspecified atom stereocenters. The molecule has 0 bridgehead atoms. The van der Waals surface area contributed by atoms with Crippen LogP contribution in [0.1, 0.15) is 40.0 Å². The molecule has 0 aliphatic heterocycles. The zero-order chi connectivity index (χ0) is 21.3. The Morgan fingerprint density at radius 2 is 1.93 bits per heavy atom. The van der Waals surface area contributed by atoms with E-state index in [1.807, 2.05) is 32.7 Å². The van der Waals surface area contributed by atoms with Crippen molar-refractivity contribution in [2.45, 2.75) is 46.6 Å². The lowest BCUT2D eigenvalue weighted by molar-refractivity contribution is -0.119. The summed E-state index contributed by atoms with van der Waals surface area (Å²) in [6.45, 7) is 8.10. The number of methoxy groups -OCH3 is 1. The van der Waals surface area contributed by atoms with Crippen molar-refractivity contribution in [3.05, 3.63) is 20.8 Å². The number of ether oxygens (including phenoxy) is 1. The molecule has 3 N–H and O–H groups in total. The molecule has 1 aromatic rings. The van der Waals surface area contributed by atoms with Gasteiger partial charge < -0.3 is 15.4 Å². The Hall–Kier alpha value is -2.13. The monoisotopic (exact) mass is 397 g/mol. The van der Waals surface area contributed by atoms with Crippen molar-refractivity contribution in [3.8, 4) is 0 Å². The largest absolute Gasteiger partial charge is 0.385 e. The average molecular weight is 398 g/mol. The molecule has 0 saturated carbocycles. The number of hydrogen-bond donors (Lipinski definition) is 2. The van der Waals surface area contributed by atoms with Crippen molar-refractivity contribution < 1.29 is 9.53 Å². The molecule has 0 spiro atoms. The van der Waals surface area contributed by atoms with Crippen LogP contribution in [0.5, 0.6) is 0 Å². The number of amides is 1. The fraction of sp³-hybridized carbons (Fsp3) is 0.737. The number of nitrogens with two attached hydrogens (primary N) is 1. The van der Waals surface area contributed by atoms with Crippen molar-refractivity contribution >= 4 is 17.4 Å². The number of rotatable bonds is 12. The second-order valence-electron chi connectivity index (χ2n) is 7.48. The standard InChI is InChI=1S/C19H35N5O4/c1-6-7-10-23(15(25)13-22(4)9-8-11-28-5)16-17(20)24(12-14(2)3)19(27)21-18(16)26/h14H,6-13,20H2,1-5H3,(H,21,26,27). The van der Waals surface area contributed by atoms with E-state index in [9.17, 15) is 14.4 Å². The van der Waals surface area contributed by atoms with E-state index in [4.69, 9.17) is 10.5 Å². The third kappa shape index (κ3) is 6.79. The van der Waals surface area contributed by atoms with E-state index < -0.39 is 11.2 Å². The molecule has 9 heteroatoms. The van der Waals surface area contributed by atoms with Crippen LogP contribution in [0.4, 0.5) is 11.5 Å². The number of aromatic amines is 1. The molecule has 1 heterocycles. The van der Waals surface area contributed by atoms with Crippen LogP contribution >= 0.6 is 0 Å². The van der Waals surface area contributed by atoms with Crippen LogP contribution in [0.2, 0.25) is 0 Å². The summed E-state index contributed by atoms with van der Waals surface area (Å²) in [5.41, 5.74) is 5.06. The van der Waals surface area contributed by atoms with Gasteiger partial charge >= 0.3 is 5.69 Å². The molecule has 1 amide bonds. The minimum atomic E-state index is -0.631. The summed E-state index contributed by atoms with van der Waals surface area (Å²) < 4.78 is 6.37. The molecule has 1 aromatic heterocycles. The highest BCUT2D eigenvalue weighted by atomic mass is 16.5. The van der Waals surface area contributed by atoms with Gasteiger partial charge in [0.15, 0.2) is 5.69 Å². The minimum Gasteiger partial charge on any atom is -0.385 e. The van der Waals surface area contributed by atoms with Crippen molar-refractivity contribution in [1.29, 1.82) is 0 Å². The van der Waals surface area contributed by atoms with E-state index in [-0.39, 0.29) is 29.9 Å². The van der Waals surface area contributed by atoms with Gasteiger partial charge in [-0.1, -0.05) is 27.2 Å². The van der Waals surface area contributed by atoms with Crippen LogP contribution in [0.3, 0.4) is 0 Å². The molecule has 0 aliphatic rings. The van der Waals surface area contributed by atoms with Crippen molar-refractivity contribution in [3.63, 3.8) is 0 Å². The normalized spacial score (nSPS) is 11.4. The lowest BCUT2D eigenvalue weighted by atomic mass is 10.2. The fourth-order valence-electron chi connectivity index (χ4n) is 2.94. The number of anilines is 2.